The number of carboxylic acid groups (broad SMARTS) is 1. The first kappa shape index (κ1) is 24.4. The van der Waals surface area contributed by atoms with Gasteiger partial charge in [-0.15, -0.1) is 11.3 Å². The highest BCUT2D eigenvalue weighted by Crippen LogP contribution is 2.28. The number of rotatable bonds is 9. The summed E-state index contributed by atoms with van der Waals surface area (Å²) in [5.74, 6) is -1.36. The second kappa shape index (κ2) is 10.6. The summed E-state index contributed by atoms with van der Waals surface area (Å²) in [4.78, 5) is 29.6. The van der Waals surface area contributed by atoms with Gasteiger partial charge in [0.15, 0.2) is 6.10 Å². The van der Waals surface area contributed by atoms with Crippen molar-refractivity contribution in [3.63, 3.8) is 0 Å². The van der Waals surface area contributed by atoms with Gasteiger partial charge < -0.3 is 20.3 Å². The molecular weight excluding hydrogens is 440 g/mol. The van der Waals surface area contributed by atoms with Gasteiger partial charge in [0.25, 0.3) is 5.91 Å². The van der Waals surface area contributed by atoms with Crippen LogP contribution in [0.3, 0.4) is 0 Å². The second-order valence-corrected chi connectivity index (χ2v) is 9.36. The molecule has 0 fully saturated rings. The van der Waals surface area contributed by atoms with E-state index in [2.05, 4.69) is 10.3 Å². The second-order valence-electron chi connectivity index (χ2n) is 8.15. The molecule has 3 rings (SSSR count). The molecule has 8 heteroatoms. The summed E-state index contributed by atoms with van der Waals surface area (Å²) in [5, 5.41) is 23.2. The third-order valence-corrected chi connectivity index (χ3v) is 6.01. The number of aromatic nitrogens is 1. The number of carboxylic acids is 1. The van der Waals surface area contributed by atoms with Crippen LogP contribution in [0.4, 0.5) is 0 Å². The Morgan fingerprint density at radius 3 is 2.58 bits per heavy atom. The number of aryl methyl sites for hydroxylation is 2. The van der Waals surface area contributed by atoms with E-state index in [0.717, 1.165) is 21.0 Å². The first-order valence-corrected chi connectivity index (χ1v) is 11.5. The lowest BCUT2D eigenvalue weighted by Gasteiger charge is -2.17. The molecule has 0 aliphatic heterocycles. The van der Waals surface area contributed by atoms with Crippen molar-refractivity contribution >= 4 is 23.2 Å². The predicted molar refractivity (Wildman–Crippen MR) is 128 cm³/mol. The number of nitrogens with one attached hydrogen (secondary N) is 1. The maximum atomic E-state index is 12.8. The third-order valence-electron chi connectivity index (χ3n) is 4.99. The number of phenolic OH excluding ortho intramolecular Hbond substituents is 1. The van der Waals surface area contributed by atoms with Gasteiger partial charge in [-0.1, -0.05) is 35.9 Å². The fourth-order valence-corrected chi connectivity index (χ4v) is 4.32. The number of aromatic hydroxyl groups is 1. The van der Waals surface area contributed by atoms with Crippen molar-refractivity contribution < 1.29 is 24.5 Å². The summed E-state index contributed by atoms with van der Waals surface area (Å²) >= 11 is 1.46. The zero-order valence-electron chi connectivity index (χ0n) is 19.1. The fourth-order valence-electron chi connectivity index (χ4n) is 3.41. The number of thiazole rings is 1. The average Bonchev–Trinajstić information content (AvgIpc) is 3.14. The van der Waals surface area contributed by atoms with Crippen molar-refractivity contribution in [2.24, 2.45) is 0 Å². The van der Waals surface area contributed by atoms with Crippen molar-refractivity contribution in [1.82, 2.24) is 10.3 Å². The van der Waals surface area contributed by atoms with E-state index in [4.69, 9.17) is 4.74 Å². The molecule has 3 N–H and O–H groups in total. The quantitative estimate of drug-likeness (QED) is 0.427. The summed E-state index contributed by atoms with van der Waals surface area (Å²) in [6, 6.07) is 12.8. The molecule has 1 heterocycles. The number of nitrogens with zero attached hydrogens (tertiary/aromatic N) is 1. The van der Waals surface area contributed by atoms with E-state index >= 15 is 0 Å². The minimum atomic E-state index is -1.05. The van der Waals surface area contributed by atoms with E-state index in [1.807, 2.05) is 38.1 Å². The maximum Gasteiger partial charge on any atom is 0.333 e. The number of amides is 1. The van der Waals surface area contributed by atoms with Crippen LogP contribution in [0.2, 0.25) is 0 Å². The van der Waals surface area contributed by atoms with Gasteiger partial charge in [-0.2, -0.15) is 0 Å². The smallest absolute Gasteiger partial charge is 0.333 e. The highest BCUT2D eigenvalue weighted by Gasteiger charge is 2.21. The Kier molecular flexibility index (Phi) is 7.84. The van der Waals surface area contributed by atoms with Gasteiger partial charge in [-0.3, -0.25) is 4.79 Å². The summed E-state index contributed by atoms with van der Waals surface area (Å²) in [5.41, 5.74) is 3.61. The highest BCUT2D eigenvalue weighted by molar-refractivity contribution is 7.15. The first-order chi connectivity index (χ1) is 15.6. The van der Waals surface area contributed by atoms with E-state index < -0.39 is 12.1 Å². The van der Waals surface area contributed by atoms with Crippen molar-refractivity contribution in [3.8, 4) is 16.3 Å². The maximum absolute atomic E-state index is 12.8. The van der Waals surface area contributed by atoms with Gasteiger partial charge in [-0.25, -0.2) is 9.78 Å². The predicted octanol–water partition coefficient (Wildman–Crippen LogP) is 4.48. The highest BCUT2D eigenvalue weighted by atomic mass is 32.1. The molecule has 0 saturated carbocycles. The molecule has 1 unspecified atom stereocenters. The standard InChI is InChI=1S/C25H28N2O5S/c1-14(2)32-21(25(30)31)12-17-8-9-20(28)19(11-17)13-26-23(29)22-16(4)33-24(27-22)18-7-5-6-15(3)10-18/h5-11,14,21,28H,12-13H2,1-4H3,(H,26,29)(H,30,31). The van der Waals surface area contributed by atoms with E-state index in [-0.39, 0.29) is 30.7 Å². The zero-order valence-corrected chi connectivity index (χ0v) is 19.9. The molecule has 0 aliphatic carbocycles. The minimum Gasteiger partial charge on any atom is -0.508 e. The Hall–Kier alpha value is -3.23. The van der Waals surface area contributed by atoms with Crippen LogP contribution in [0, 0.1) is 13.8 Å². The summed E-state index contributed by atoms with van der Waals surface area (Å²) in [6.07, 6.45) is -1.07. The number of carbonyl (C=O) groups excluding carboxylic acids is 1. The van der Waals surface area contributed by atoms with Gasteiger partial charge in [0.2, 0.25) is 0 Å². The first-order valence-electron chi connectivity index (χ1n) is 10.7. The topological polar surface area (TPSA) is 109 Å². The van der Waals surface area contributed by atoms with Gasteiger partial charge in [0, 0.05) is 29.0 Å². The van der Waals surface area contributed by atoms with Crippen LogP contribution in [-0.4, -0.2) is 39.3 Å². The molecule has 0 bridgehead atoms. The molecule has 7 nitrogen and oxygen atoms in total. The molecule has 3 aromatic rings. The summed E-state index contributed by atoms with van der Waals surface area (Å²) < 4.78 is 5.46. The van der Waals surface area contributed by atoms with Crippen LogP contribution in [0.15, 0.2) is 42.5 Å². The SMILES string of the molecule is Cc1cccc(-c2nc(C(=O)NCc3cc(CC(OC(C)C)C(=O)O)ccc3O)c(C)s2)c1. The van der Waals surface area contributed by atoms with E-state index in [9.17, 15) is 19.8 Å². The Morgan fingerprint density at radius 2 is 1.91 bits per heavy atom. The minimum absolute atomic E-state index is 0.0196. The fraction of sp³-hybridized carbons (Fsp3) is 0.320. The summed E-state index contributed by atoms with van der Waals surface area (Å²) in [7, 11) is 0. The van der Waals surface area contributed by atoms with Crippen LogP contribution in [0.25, 0.3) is 10.6 Å². The molecule has 1 atom stereocenters. The Labute approximate surface area is 197 Å². The molecule has 174 valence electrons. The zero-order chi connectivity index (χ0) is 24.1. The Bertz CT molecular complexity index is 1160. The van der Waals surface area contributed by atoms with Crippen LogP contribution >= 0.6 is 11.3 Å². The molecule has 0 saturated heterocycles. The number of benzene rings is 2. The molecule has 0 aliphatic rings. The van der Waals surface area contributed by atoms with Crippen LogP contribution in [0.5, 0.6) is 5.75 Å². The molecule has 0 radical (unpaired) electrons. The molecule has 0 spiro atoms. The van der Waals surface area contributed by atoms with Crippen molar-refractivity contribution in [2.75, 3.05) is 0 Å². The normalized spacial score (nSPS) is 12.0. The van der Waals surface area contributed by atoms with Crippen LogP contribution in [0.1, 0.15) is 45.9 Å². The van der Waals surface area contributed by atoms with Gasteiger partial charge in [0.1, 0.15) is 16.5 Å². The lowest BCUT2D eigenvalue weighted by Crippen LogP contribution is -2.29. The number of aliphatic carboxylic acids is 1. The number of hydrogen-bond donors (Lipinski definition) is 3. The Morgan fingerprint density at radius 1 is 1.15 bits per heavy atom. The van der Waals surface area contributed by atoms with Gasteiger partial charge in [0.05, 0.1) is 6.10 Å². The van der Waals surface area contributed by atoms with E-state index in [1.54, 1.807) is 26.0 Å². The molecule has 1 amide bonds. The lowest BCUT2D eigenvalue weighted by atomic mass is 10.0. The number of ether oxygens (including phenoxy) is 1. The number of carbonyl (C=O) groups is 2. The van der Waals surface area contributed by atoms with Crippen molar-refractivity contribution in [2.45, 2.75) is 52.9 Å². The number of hydrogen-bond acceptors (Lipinski definition) is 6. The molecule has 33 heavy (non-hydrogen) atoms. The van der Waals surface area contributed by atoms with Crippen LogP contribution < -0.4 is 5.32 Å². The van der Waals surface area contributed by atoms with Crippen LogP contribution in [-0.2, 0) is 22.5 Å². The van der Waals surface area contributed by atoms with E-state index in [0.29, 0.717) is 16.8 Å². The van der Waals surface area contributed by atoms with E-state index in [1.165, 1.54) is 17.4 Å². The Balaban J connectivity index is 1.71. The van der Waals surface area contributed by atoms with Gasteiger partial charge >= 0.3 is 5.97 Å². The largest absolute Gasteiger partial charge is 0.508 e. The average molecular weight is 469 g/mol. The molecular formula is C25H28N2O5S. The monoisotopic (exact) mass is 468 g/mol. The molecule has 2 aromatic carbocycles. The number of phenols is 1. The molecule has 1 aromatic heterocycles. The third kappa shape index (κ3) is 6.40. The van der Waals surface area contributed by atoms with Crippen molar-refractivity contribution in [3.05, 3.63) is 69.7 Å². The lowest BCUT2D eigenvalue weighted by molar-refractivity contribution is -0.153. The van der Waals surface area contributed by atoms with Gasteiger partial charge in [-0.05, 0) is 45.4 Å². The van der Waals surface area contributed by atoms with Crippen molar-refractivity contribution in [1.29, 1.82) is 0 Å². The summed E-state index contributed by atoms with van der Waals surface area (Å²) in [6.45, 7) is 7.49.